The molecule has 0 saturated carbocycles. The van der Waals surface area contributed by atoms with Crippen molar-refractivity contribution in [2.75, 3.05) is 29.9 Å². The highest BCUT2D eigenvalue weighted by molar-refractivity contribution is 5.45. The van der Waals surface area contributed by atoms with Crippen LogP contribution in [-0.2, 0) is 0 Å². The summed E-state index contributed by atoms with van der Waals surface area (Å²) in [6.07, 6.45) is 3.74. The molecule has 0 amide bonds. The molecule has 0 aromatic carbocycles. The summed E-state index contributed by atoms with van der Waals surface area (Å²) in [5.41, 5.74) is 1.04. The molecule has 20 heavy (non-hydrogen) atoms. The van der Waals surface area contributed by atoms with Crippen molar-refractivity contribution in [3.63, 3.8) is 0 Å². The number of nitrogens with one attached hydrogen (secondary N) is 1. The number of hydrogen-bond acceptors (Lipinski definition) is 4. The van der Waals surface area contributed by atoms with Crippen LogP contribution in [0.3, 0.4) is 0 Å². The molecule has 4 heteroatoms. The van der Waals surface area contributed by atoms with E-state index in [0.717, 1.165) is 49.4 Å². The molecule has 0 spiro atoms. The zero-order chi connectivity index (χ0) is 14.5. The summed E-state index contributed by atoms with van der Waals surface area (Å²) in [6.45, 7) is 12.0. The summed E-state index contributed by atoms with van der Waals surface area (Å²) in [5, 5.41) is 3.36. The minimum Gasteiger partial charge on any atom is -0.356 e. The van der Waals surface area contributed by atoms with Crippen molar-refractivity contribution in [3.05, 3.63) is 11.8 Å². The molecular weight excluding hydrogens is 248 g/mol. The number of nitrogens with zero attached hydrogens (tertiary/aromatic N) is 3. The Hall–Kier alpha value is -1.32. The van der Waals surface area contributed by atoms with Crippen LogP contribution in [0.25, 0.3) is 0 Å². The van der Waals surface area contributed by atoms with Crippen LogP contribution >= 0.6 is 0 Å². The van der Waals surface area contributed by atoms with Crippen LogP contribution < -0.4 is 10.2 Å². The van der Waals surface area contributed by atoms with Crippen molar-refractivity contribution in [1.29, 1.82) is 0 Å². The molecule has 2 heterocycles. The quantitative estimate of drug-likeness (QED) is 0.894. The van der Waals surface area contributed by atoms with Gasteiger partial charge in [-0.2, -0.15) is 4.98 Å². The van der Waals surface area contributed by atoms with Crippen LogP contribution in [0.5, 0.6) is 0 Å². The second kappa shape index (κ2) is 6.91. The first-order valence-corrected chi connectivity index (χ1v) is 7.89. The Morgan fingerprint density at radius 1 is 1.40 bits per heavy atom. The van der Waals surface area contributed by atoms with E-state index < -0.39 is 0 Å². The van der Waals surface area contributed by atoms with Crippen LogP contribution in [0.2, 0.25) is 0 Å². The van der Waals surface area contributed by atoms with Crippen LogP contribution in [0, 0.1) is 18.8 Å². The summed E-state index contributed by atoms with van der Waals surface area (Å²) < 4.78 is 0. The molecule has 1 unspecified atom stereocenters. The summed E-state index contributed by atoms with van der Waals surface area (Å²) in [7, 11) is 0. The molecule has 0 radical (unpaired) electrons. The van der Waals surface area contributed by atoms with E-state index in [-0.39, 0.29) is 0 Å². The van der Waals surface area contributed by atoms with Crippen molar-refractivity contribution >= 4 is 11.8 Å². The first-order valence-electron chi connectivity index (χ1n) is 7.89. The van der Waals surface area contributed by atoms with E-state index >= 15 is 0 Å². The topological polar surface area (TPSA) is 41.1 Å². The maximum atomic E-state index is 4.69. The number of hydrogen-bond donors (Lipinski definition) is 1. The number of anilines is 2. The second-order valence-electron chi connectivity index (χ2n) is 6.49. The van der Waals surface area contributed by atoms with Crippen molar-refractivity contribution in [3.8, 4) is 0 Å². The van der Waals surface area contributed by atoms with Gasteiger partial charge in [-0.15, -0.1) is 0 Å². The van der Waals surface area contributed by atoms with E-state index in [4.69, 9.17) is 4.98 Å². The fourth-order valence-electron chi connectivity index (χ4n) is 2.66. The molecule has 1 saturated heterocycles. The molecular formula is C16H28N4. The molecule has 4 nitrogen and oxygen atoms in total. The summed E-state index contributed by atoms with van der Waals surface area (Å²) in [4.78, 5) is 11.6. The molecule has 0 aliphatic carbocycles. The van der Waals surface area contributed by atoms with Gasteiger partial charge in [-0.1, -0.05) is 20.8 Å². The van der Waals surface area contributed by atoms with Crippen LogP contribution in [-0.4, -0.2) is 29.6 Å². The van der Waals surface area contributed by atoms with Crippen LogP contribution in [0.15, 0.2) is 6.07 Å². The summed E-state index contributed by atoms with van der Waals surface area (Å²) in [5.74, 6) is 3.32. The number of piperidine rings is 1. The zero-order valence-electron chi connectivity index (χ0n) is 13.3. The van der Waals surface area contributed by atoms with Crippen molar-refractivity contribution in [1.82, 2.24) is 9.97 Å². The molecule has 1 atom stereocenters. The monoisotopic (exact) mass is 276 g/mol. The van der Waals surface area contributed by atoms with Crippen molar-refractivity contribution < 1.29 is 0 Å². The standard InChI is InChI=1S/C16H28N4/c1-12(2)7-8-17-16-18-14(4)10-15(19-16)20-9-5-6-13(3)11-20/h10,12-13H,5-9,11H2,1-4H3,(H,17,18,19). The first-order chi connectivity index (χ1) is 9.54. The minimum absolute atomic E-state index is 0.703. The maximum Gasteiger partial charge on any atom is 0.224 e. The normalized spacial score (nSPS) is 19.4. The molecule has 112 valence electrons. The van der Waals surface area contributed by atoms with Gasteiger partial charge in [-0.25, -0.2) is 4.98 Å². The highest BCUT2D eigenvalue weighted by Gasteiger charge is 2.18. The van der Waals surface area contributed by atoms with E-state index in [9.17, 15) is 0 Å². The van der Waals surface area contributed by atoms with E-state index in [1.807, 2.05) is 6.92 Å². The molecule has 0 bridgehead atoms. The van der Waals surface area contributed by atoms with E-state index in [1.165, 1.54) is 12.8 Å². The van der Waals surface area contributed by atoms with Gasteiger partial charge in [0.1, 0.15) is 5.82 Å². The Bertz CT molecular complexity index is 430. The minimum atomic E-state index is 0.703. The van der Waals surface area contributed by atoms with Gasteiger partial charge in [0, 0.05) is 31.4 Å². The summed E-state index contributed by atoms with van der Waals surface area (Å²) in [6, 6.07) is 2.10. The highest BCUT2D eigenvalue weighted by Crippen LogP contribution is 2.22. The predicted octanol–water partition coefficient (Wildman–Crippen LogP) is 3.48. The van der Waals surface area contributed by atoms with Crippen molar-refractivity contribution in [2.24, 2.45) is 11.8 Å². The first kappa shape index (κ1) is 15.1. The second-order valence-corrected chi connectivity index (χ2v) is 6.49. The Kier molecular flexibility index (Phi) is 5.21. The van der Waals surface area contributed by atoms with Gasteiger partial charge in [-0.05, 0) is 38.0 Å². The van der Waals surface area contributed by atoms with Gasteiger partial charge in [0.05, 0.1) is 0 Å². The zero-order valence-corrected chi connectivity index (χ0v) is 13.3. The molecule has 1 aliphatic heterocycles. The average molecular weight is 276 g/mol. The lowest BCUT2D eigenvalue weighted by molar-refractivity contribution is 0.444. The Morgan fingerprint density at radius 3 is 2.90 bits per heavy atom. The van der Waals surface area contributed by atoms with E-state index in [0.29, 0.717) is 5.92 Å². The largest absolute Gasteiger partial charge is 0.356 e. The summed E-state index contributed by atoms with van der Waals surface area (Å²) >= 11 is 0. The third kappa shape index (κ3) is 4.36. The van der Waals surface area contributed by atoms with Crippen LogP contribution in [0.1, 0.15) is 45.7 Å². The molecule has 1 aliphatic rings. The lowest BCUT2D eigenvalue weighted by atomic mass is 10.0. The SMILES string of the molecule is Cc1cc(N2CCCC(C)C2)nc(NCCC(C)C)n1. The van der Waals surface area contributed by atoms with E-state index in [2.05, 4.69) is 42.0 Å². The smallest absolute Gasteiger partial charge is 0.224 e. The lowest BCUT2D eigenvalue weighted by Gasteiger charge is -2.32. The molecule has 2 rings (SSSR count). The number of aryl methyl sites for hydroxylation is 1. The third-order valence-electron chi connectivity index (χ3n) is 3.83. The molecule has 1 fully saturated rings. The van der Waals surface area contributed by atoms with Crippen LogP contribution in [0.4, 0.5) is 11.8 Å². The van der Waals surface area contributed by atoms with Crippen molar-refractivity contribution in [2.45, 2.75) is 47.0 Å². The fourth-order valence-corrected chi connectivity index (χ4v) is 2.66. The number of aromatic nitrogens is 2. The van der Waals surface area contributed by atoms with Gasteiger partial charge in [0.15, 0.2) is 0 Å². The van der Waals surface area contributed by atoms with E-state index in [1.54, 1.807) is 0 Å². The fraction of sp³-hybridized carbons (Fsp3) is 0.750. The average Bonchev–Trinajstić information content (AvgIpc) is 2.37. The lowest BCUT2D eigenvalue weighted by Crippen LogP contribution is -2.35. The van der Waals surface area contributed by atoms with Gasteiger partial charge in [0.25, 0.3) is 0 Å². The maximum absolute atomic E-state index is 4.69. The Morgan fingerprint density at radius 2 is 2.20 bits per heavy atom. The Balaban J connectivity index is 2.03. The predicted molar refractivity (Wildman–Crippen MR) is 85.3 cm³/mol. The van der Waals surface area contributed by atoms with Gasteiger partial charge >= 0.3 is 0 Å². The van der Waals surface area contributed by atoms with Gasteiger partial charge in [-0.3, -0.25) is 0 Å². The Labute approximate surface area is 123 Å². The van der Waals surface area contributed by atoms with Gasteiger partial charge < -0.3 is 10.2 Å². The van der Waals surface area contributed by atoms with Gasteiger partial charge in [0.2, 0.25) is 5.95 Å². The third-order valence-corrected chi connectivity index (χ3v) is 3.83. The molecule has 1 aromatic heterocycles. The molecule has 1 aromatic rings. The highest BCUT2D eigenvalue weighted by atomic mass is 15.2. The number of rotatable bonds is 5. The molecule has 1 N–H and O–H groups in total.